The monoisotopic (exact) mass is 255 g/mol. The number of β-lactam (4-membered cyclic amide) rings is 1. The number of carbonyl (C=O) groups excluding carboxylic acids is 2. The van der Waals surface area contributed by atoms with Gasteiger partial charge in [0, 0.05) is 19.3 Å². The fraction of sp³-hybridized carbons (Fsp3) is 0.462. The van der Waals surface area contributed by atoms with E-state index < -0.39 is 11.2 Å². The number of aromatic nitrogens is 1. The molecule has 0 saturated carbocycles. The highest BCUT2D eigenvalue weighted by atomic mass is 16.2. The fourth-order valence-corrected chi connectivity index (χ4v) is 3.01. The number of amides is 2. The molecule has 1 spiro atoms. The second-order valence-corrected chi connectivity index (χ2v) is 5.14. The number of pyridine rings is 1. The Balaban J connectivity index is 1.80. The molecule has 3 rings (SSSR count). The third kappa shape index (κ3) is 1.82. The minimum atomic E-state index is -0.416. The van der Waals surface area contributed by atoms with Gasteiger partial charge in [-0.25, -0.2) is 0 Å². The zero-order valence-corrected chi connectivity index (χ0v) is 10.5. The average molecular weight is 255 g/mol. The molecule has 0 aromatic carbocycles. The first-order valence-electron chi connectivity index (χ1n) is 6.40. The van der Waals surface area contributed by atoms with E-state index in [1.54, 1.807) is 11.1 Å². The third-order valence-electron chi connectivity index (χ3n) is 4.23. The maximum absolute atomic E-state index is 12.0. The smallest absolute Gasteiger partial charge is 0.229 e. The molecule has 1 atom stereocenters. The molecule has 1 unspecified atom stereocenters. The highest BCUT2D eigenvalue weighted by molar-refractivity contribution is 6.56. The maximum atomic E-state index is 12.0. The van der Waals surface area contributed by atoms with E-state index in [2.05, 4.69) is 10.3 Å². The molecule has 1 N–H and O–H groups in total. The molecule has 3 heterocycles. The van der Waals surface area contributed by atoms with Crippen molar-refractivity contribution in [3.8, 4) is 0 Å². The number of carbonyl (C=O) groups is 2. The first-order chi connectivity index (χ1) is 9.13. The van der Waals surface area contributed by atoms with Crippen LogP contribution in [0.4, 0.5) is 4.79 Å². The van der Waals surface area contributed by atoms with Gasteiger partial charge in [-0.3, -0.25) is 14.6 Å². The van der Waals surface area contributed by atoms with Gasteiger partial charge in [0.25, 0.3) is 0 Å². The summed E-state index contributed by atoms with van der Waals surface area (Å²) in [5.41, 5.74) is 0.468. The number of nitrogens with one attached hydrogen (secondary N) is 1. The maximum Gasteiger partial charge on any atom is 0.229 e. The summed E-state index contributed by atoms with van der Waals surface area (Å²) in [6.07, 6.45) is 3.01. The van der Waals surface area contributed by atoms with E-state index in [-0.39, 0.29) is 11.9 Å². The zero-order chi connectivity index (χ0) is 13.5. The van der Waals surface area contributed by atoms with E-state index in [0.29, 0.717) is 25.9 Å². The van der Waals surface area contributed by atoms with Crippen LogP contribution in [-0.2, 0) is 4.79 Å². The topological polar surface area (TPSA) is 62.3 Å². The number of hydrogen-bond acceptors (Lipinski definition) is 3. The predicted octanol–water partition coefficient (Wildman–Crippen LogP) is 0.623. The lowest BCUT2D eigenvalue weighted by molar-refractivity contribution is -0.151. The first-order valence-corrected chi connectivity index (χ1v) is 6.40. The first kappa shape index (κ1) is 12.2. The Hall–Kier alpha value is -1.85. The van der Waals surface area contributed by atoms with E-state index in [4.69, 9.17) is 7.85 Å². The van der Waals surface area contributed by atoms with Crippen molar-refractivity contribution in [1.29, 1.82) is 0 Å². The molecule has 1 aromatic rings. The van der Waals surface area contributed by atoms with E-state index >= 15 is 0 Å². The van der Waals surface area contributed by atoms with Crippen molar-refractivity contribution >= 4 is 19.6 Å². The SMILES string of the molecule is [B]C(=O)N1CCC2(CC1)C(=O)NC2c1ccccn1. The van der Waals surface area contributed by atoms with Crippen molar-refractivity contribution in [3.05, 3.63) is 30.1 Å². The van der Waals surface area contributed by atoms with Gasteiger partial charge in [0.1, 0.15) is 0 Å². The van der Waals surface area contributed by atoms with Crippen LogP contribution < -0.4 is 5.32 Å². The minimum absolute atomic E-state index is 0.0452. The Kier molecular flexibility index (Phi) is 2.80. The lowest BCUT2D eigenvalue weighted by Crippen LogP contribution is -2.65. The highest BCUT2D eigenvalue weighted by Crippen LogP contribution is 2.49. The van der Waals surface area contributed by atoms with Crippen molar-refractivity contribution in [2.45, 2.75) is 18.9 Å². The van der Waals surface area contributed by atoms with Crippen LogP contribution >= 0.6 is 0 Å². The Morgan fingerprint density at radius 3 is 2.68 bits per heavy atom. The summed E-state index contributed by atoms with van der Waals surface area (Å²) in [5, 5.41) is 2.93. The molecule has 6 heteroatoms. The van der Waals surface area contributed by atoms with Gasteiger partial charge in [0.2, 0.25) is 13.8 Å². The molecular formula is C13H14BN3O2. The minimum Gasteiger partial charge on any atom is -0.352 e. The van der Waals surface area contributed by atoms with Crippen LogP contribution in [0.15, 0.2) is 24.4 Å². The van der Waals surface area contributed by atoms with Crippen LogP contribution in [0.1, 0.15) is 24.6 Å². The Morgan fingerprint density at radius 2 is 2.16 bits per heavy atom. The zero-order valence-electron chi connectivity index (χ0n) is 10.5. The summed E-state index contributed by atoms with van der Waals surface area (Å²) in [5.74, 6) is -0.351. The van der Waals surface area contributed by atoms with Crippen molar-refractivity contribution in [3.63, 3.8) is 0 Å². The predicted molar refractivity (Wildman–Crippen MR) is 69.5 cm³/mol. The number of piperidine rings is 1. The summed E-state index contributed by atoms with van der Waals surface area (Å²) in [4.78, 5) is 29.0. The molecule has 2 aliphatic heterocycles. The van der Waals surface area contributed by atoms with Crippen LogP contribution in [0.3, 0.4) is 0 Å². The Labute approximate surface area is 112 Å². The van der Waals surface area contributed by atoms with Gasteiger partial charge in [-0.05, 0) is 25.0 Å². The molecule has 96 valence electrons. The van der Waals surface area contributed by atoms with Gasteiger partial charge in [-0.2, -0.15) is 0 Å². The molecule has 19 heavy (non-hydrogen) atoms. The third-order valence-corrected chi connectivity index (χ3v) is 4.23. The van der Waals surface area contributed by atoms with E-state index in [1.165, 1.54) is 0 Å². The van der Waals surface area contributed by atoms with Crippen molar-refractivity contribution < 1.29 is 9.59 Å². The molecule has 1 aromatic heterocycles. The number of likely N-dealkylation sites (tertiary alicyclic amines) is 1. The van der Waals surface area contributed by atoms with Gasteiger partial charge in [0.05, 0.1) is 17.2 Å². The van der Waals surface area contributed by atoms with Crippen LogP contribution in [0.25, 0.3) is 0 Å². The van der Waals surface area contributed by atoms with Crippen LogP contribution in [0, 0.1) is 5.41 Å². The molecule has 5 nitrogen and oxygen atoms in total. The summed E-state index contributed by atoms with van der Waals surface area (Å²) in [7, 11) is 5.27. The molecule has 2 radical (unpaired) electrons. The largest absolute Gasteiger partial charge is 0.352 e. The molecular weight excluding hydrogens is 241 g/mol. The van der Waals surface area contributed by atoms with Crippen LogP contribution in [0.2, 0.25) is 0 Å². The molecule has 2 saturated heterocycles. The normalized spacial score (nSPS) is 24.7. The Bertz CT molecular complexity index is 512. The van der Waals surface area contributed by atoms with E-state index in [0.717, 1.165) is 5.69 Å². The number of rotatable bonds is 1. The van der Waals surface area contributed by atoms with Crippen molar-refractivity contribution in [1.82, 2.24) is 15.2 Å². The van der Waals surface area contributed by atoms with Gasteiger partial charge < -0.3 is 10.2 Å². The van der Waals surface area contributed by atoms with E-state index in [9.17, 15) is 9.59 Å². The van der Waals surface area contributed by atoms with Crippen molar-refractivity contribution in [2.24, 2.45) is 5.41 Å². The summed E-state index contributed by atoms with van der Waals surface area (Å²) in [6.45, 7) is 1.07. The molecule has 2 aliphatic rings. The molecule has 0 aliphatic carbocycles. The van der Waals surface area contributed by atoms with Gasteiger partial charge in [0.15, 0.2) is 5.81 Å². The molecule has 2 fully saturated rings. The molecule has 2 amide bonds. The summed E-state index contributed by atoms with van der Waals surface area (Å²) < 4.78 is 0. The van der Waals surface area contributed by atoms with Gasteiger partial charge in [-0.1, -0.05) is 6.07 Å². The lowest BCUT2D eigenvalue weighted by atomic mass is 9.64. The fourth-order valence-electron chi connectivity index (χ4n) is 3.01. The number of nitrogens with zero attached hydrogens (tertiary/aromatic N) is 2. The van der Waals surface area contributed by atoms with Gasteiger partial charge >= 0.3 is 0 Å². The molecule has 0 bridgehead atoms. The summed E-state index contributed by atoms with van der Waals surface area (Å²) in [6, 6.07) is 5.65. The van der Waals surface area contributed by atoms with Crippen LogP contribution in [-0.4, -0.2) is 42.5 Å². The number of hydrogen-bond donors (Lipinski definition) is 1. The standard InChI is InChI=1S/C13H14BN3O2/c14-12(19)17-7-4-13(5-8-17)10(16-11(13)18)9-3-1-2-6-15-9/h1-3,6,10H,4-5,7-8H2,(H,16,18). The van der Waals surface area contributed by atoms with E-state index in [1.807, 2.05) is 18.2 Å². The second-order valence-electron chi connectivity index (χ2n) is 5.14. The Morgan fingerprint density at radius 1 is 1.42 bits per heavy atom. The van der Waals surface area contributed by atoms with Crippen LogP contribution in [0.5, 0.6) is 0 Å². The lowest BCUT2D eigenvalue weighted by Gasteiger charge is -2.52. The van der Waals surface area contributed by atoms with Gasteiger partial charge in [-0.15, -0.1) is 0 Å². The second kappa shape index (κ2) is 4.37. The highest BCUT2D eigenvalue weighted by Gasteiger charge is 2.57. The average Bonchev–Trinajstić information content (AvgIpc) is 2.45. The quantitative estimate of drug-likeness (QED) is 0.591. The van der Waals surface area contributed by atoms with Crippen molar-refractivity contribution in [2.75, 3.05) is 13.1 Å². The summed E-state index contributed by atoms with van der Waals surface area (Å²) >= 11 is 0.